The molecule has 33 heavy (non-hydrogen) atoms. The van der Waals surface area contributed by atoms with Crippen LogP contribution < -0.4 is 15.4 Å². The largest absolute Gasteiger partial charge is 0.470 e. The smallest absolute Gasteiger partial charge is 0.261 e. The van der Waals surface area contributed by atoms with Crippen LogP contribution in [-0.4, -0.2) is 62.8 Å². The van der Waals surface area contributed by atoms with Gasteiger partial charge in [0.25, 0.3) is 5.91 Å². The SMILES string of the molecule is Cn1cc(-n2ccc3nc(Nc4csc(C(=O)NCCF)c4)nc(O[C@@H]4CCOC4)c32)cn1. The molecule has 2 N–H and O–H groups in total. The lowest BCUT2D eigenvalue weighted by Crippen LogP contribution is -2.24. The van der Waals surface area contributed by atoms with Crippen LogP contribution in [0.1, 0.15) is 16.1 Å². The van der Waals surface area contributed by atoms with Crippen molar-refractivity contribution >= 4 is 39.9 Å². The first kappa shape index (κ1) is 21.3. The maximum Gasteiger partial charge on any atom is 0.261 e. The van der Waals surface area contributed by atoms with Crippen LogP contribution in [0.2, 0.25) is 0 Å². The van der Waals surface area contributed by atoms with Gasteiger partial charge >= 0.3 is 0 Å². The van der Waals surface area contributed by atoms with E-state index in [0.29, 0.717) is 41.1 Å². The molecule has 5 rings (SSSR count). The minimum absolute atomic E-state index is 0.0151. The molecule has 0 spiro atoms. The van der Waals surface area contributed by atoms with Crippen LogP contribution in [0, 0.1) is 0 Å². The van der Waals surface area contributed by atoms with Crippen molar-refractivity contribution in [1.82, 2.24) is 29.6 Å². The average Bonchev–Trinajstić information content (AvgIpc) is 3.59. The predicted octanol–water partition coefficient (Wildman–Crippen LogP) is 2.83. The number of carbonyl (C=O) groups excluding carboxylic acids is 1. The van der Waals surface area contributed by atoms with Crippen molar-refractivity contribution in [2.45, 2.75) is 12.5 Å². The van der Waals surface area contributed by atoms with Gasteiger partial charge in [-0.15, -0.1) is 11.3 Å². The van der Waals surface area contributed by atoms with E-state index in [1.807, 2.05) is 30.1 Å². The summed E-state index contributed by atoms with van der Waals surface area (Å²) in [5.41, 5.74) is 2.95. The number of thiophene rings is 1. The van der Waals surface area contributed by atoms with Crippen molar-refractivity contribution in [2.75, 3.05) is 31.7 Å². The summed E-state index contributed by atoms with van der Waals surface area (Å²) in [5.74, 6) is 0.456. The van der Waals surface area contributed by atoms with E-state index in [-0.39, 0.29) is 18.6 Å². The molecule has 1 atom stereocenters. The summed E-state index contributed by atoms with van der Waals surface area (Å²) in [5, 5.41) is 11.7. The van der Waals surface area contributed by atoms with Crippen LogP contribution in [0.15, 0.2) is 36.1 Å². The molecule has 0 unspecified atom stereocenters. The fourth-order valence-corrected chi connectivity index (χ4v) is 4.32. The molecule has 1 fully saturated rings. The third-order valence-electron chi connectivity index (χ3n) is 5.10. The highest BCUT2D eigenvalue weighted by molar-refractivity contribution is 7.12. The van der Waals surface area contributed by atoms with Gasteiger partial charge in [-0.25, -0.2) is 9.37 Å². The zero-order valence-corrected chi connectivity index (χ0v) is 18.6. The molecule has 1 aliphatic rings. The molecule has 0 bridgehead atoms. The standard InChI is InChI=1S/C21H22FN7O3S/c1-28-10-14(9-24-28)29-6-2-16-18(29)20(32-15-3-7-31-11-15)27-21(26-16)25-13-8-17(33-12-13)19(30)23-5-4-22/h2,6,8-10,12,15H,3-5,7,11H2,1H3,(H,23,30)(H,25,26,27)/t15-/m1/s1. The first-order valence-corrected chi connectivity index (χ1v) is 11.3. The van der Waals surface area contributed by atoms with E-state index in [1.54, 1.807) is 22.3 Å². The van der Waals surface area contributed by atoms with Gasteiger partial charge in [-0.05, 0) is 12.1 Å². The number of anilines is 2. The van der Waals surface area contributed by atoms with Crippen molar-refractivity contribution in [3.63, 3.8) is 0 Å². The van der Waals surface area contributed by atoms with E-state index in [4.69, 9.17) is 9.47 Å². The summed E-state index contributed by atoms with van der Waals surface area (Å²) in [6.45, 7) is 0.530. The fraction of sp³-hybridized carbons (Fsp3) is 0.333. The Morgan fingerprint density at radius 2 is 2.33 bits per heavy atom. The number of halogens is 1. The van der Waals surface area contributed by atoms with Gasteiger partial charge < -0.3 is 24.7 Å². The predicted molar refractivity (Wildman–Crippen MR) is 121 cm³/mol. The number of amides is 1. The molecule has 0 radical (unpaired) electrons. The molecular weight excluding hydrogens is 449 g/mol. The zero-order valence-electron chi connectivity index (χ0n) is 17.8. The molecule has 10 nitrogen and oxygen atoms in total. The average molecular weight is 472 g/mol. The van der Waals surface area contributed by atoms with Crippen molar-refractivity contribution in [1.29, 1.82) is 0 Å². The number of aromatic nitrogens is 5. The summed E-state index contributed by atoms with van der Waals surface area (Å²) >= 11 is 1.25. The van der Waals surface area contributed by atoms with Crippen LogP contribution >= 0.6 is 11.3 Å². The lowest BCUT2D eigenvalue weighted by Gasteiger charge is -2.14. The molecule has 172 valence electrons. The highest BCUT2D eigenvalue weighted by Crippen LogP contribution is 2.31. The number of nitrogens with zero attached hydrogens (tertiary/aromatic N) is 5. The monoisotopic (exact) mass is 471 g/mol. The third-order valence-corrected chi connectivity index (χ3v) is 6.03. The molecule has 12 heteroatoms. The second kappa shape index (κ2) is 9.16. The Morgan fingerprint density at radius 1 is 1.42 bits per heavy atom. The van der Waals surface area contributed by atoms with Crippen molar-refractivity contribution in [3.8, 4) is 11.6 Å². The first-order valence-electron chi connectivity index (χ1n) is 10.4. The topological polar surface area (TPSA) is 108 Å². The zero-order chi connectivity index (χ0) is 22.8. The highest BCUT2D eigenvalue weighted by atomic mass is 32.1. The van der Waals surface area contributed by atoms with Crippen LogP contribution in [0.25, 0.3) is 16.7 Å². The maximum atomic E-state index is 12.3. The first-order chi connectivity index (χ1) is 16.1. The highest BCUT2D eigenvalue weighted by Gasteiger charge is 2.22. The van der Waals surface area contributed by atoms with Crippen molar-refractivity contribution < 1.29 is 18.7 Å². The second-order valence-electron chi connectivity index (χ2n) is 7.52. The number of hydrogen-bond acceptors (Lipinski definition) is 8. The van der Waals surface area contributed by atoms with Crippen molar-refractivity contribution in [2.24, 2.45) is 7.05 Å². The van der Waals surface area contributed by atoms with E-state index in [9.17, 15) is 9.18 Å². The van der Waals surface area contributed by atoms with Gasteiger partial charge in [-0.1, -0.05) is 0 Å². The number of nitrogens with one attached hydrogen (secondary N) is 2. The summed E-state index contributed by atoms with van der Waals surface area (Å²) in [4.78, 5) is 21.8. The Kier molecular flexibility index (Phi) is 5.92. The van der Waals surface area contributed by atoms with Crippen LogP contribution in [0.4, 0.5) is 16.0 Å². The van der Waals surface area contributed by atoms with Crippen molar-refractivity contribution in [3.05, 3.63) is 41.0 Å². The number of aryl methyl sites for hydroxylation is 1. The Labute approximate surface area is 192 Å². The Bertz CT molecular complexity index is 1280. The molecule has 4 aromatic rings. The van der Waals surface area contributed by atoms with Crippen LogP contribution in [-0.2, 0) is 11.8 Å². The lowest BCUT2D eigenvalue weighted by molar-refractivity contribution is 0.0955. The van der Waals surface area contributed by atoms with E-state index in [2.05, 4.69) is 25.7 Å². The van der Waals surface area contributed by atoms with E-state index in [1.165, 1.54) is 11.3 Å². The third kappa shape index (κ3) is 4.52. The summed E-state index contributed by atoms with van der Waals surface area (Å²) in [7, 11) is 1.86. The molecular formula is C21H22FN7O3S. The minimum Gasteiger partial charge on any atom is -0.470 e. The van der Waals surface area contributed by atoms with E-state index >= 15 is 0 Å². The second-order valence-corrected chi connectivity index (χ2v) is 8.43. The molecule has 0 saturated carbocycles. The molecule has 1 aliphatic heterocycles. The molecule has 1 saturated heterocycles. The molecule has 0 aromatic carbocycles. The number of alkyl halides is 1. The number of fused-ring (bicyclic) bond motifs is 1. The number of hydrogen-bond donors (Lipinski definition) is 2. The molecule has 0 aliphatic carbocycles. The Hall–Kier alpha value is -3.51. The summed E-state index contributed by atoms with van der Waals surface area (Å²) in [6.07, 6.45) is 6.24. The lowest BCUT2D eigenvalue weighted by atomic mass is 10.3. The summed E-state index contributed by atoms with van der Waals surface area (Å²) in [6, 6.07) is 3.56. The molecule has 5 heterocycles. The minimum atomic E-state index is -0.608. The Balaban J connectivity index is 1.47. The summed E-state index contributed by atoms with van der Waals surface area (Å²) < 4.78 is 27.7. The molecule has 4 aromatic heterocycles. The van der Waals surface area contributed by atoms with E-state index in [0.717, 1.165) is 17.6 Å². The van der Waals surface area contributed by atoms with Crippen LogP contribution in [0.5, 0.6) is 5.88 Å². The van der Waals surface area contributed by atoms with Crippen LogP contribution in [0.3, 0.4) is 0 Å². The van der Waals surface area contributed by atoms with E-state index < -0.39 is 6.67 Å². The maximum absolute atomic E-state index is 12.3. The van der Waals surface area contributed by atoms with Gasteiger partial charge in [0.2, 0.25) is 11.8 Å². The fourth-order valence-electron chi connectivity index (χ4n) is 3.56. The number of ether oxygens (including phenoxy) is 2. The van der Waals surface area contributed by atoms with Gasteiger partial charge in [-0.3, -0.25) is 9.48 Å². The Morgan fingerprint density at radius 3 is 3.09 bits per heavy atom. The van der Waals surface area contributed by atoms with Gasteiger partial charge in [0.05, 0.1) is 41.2 Å². The number of rotatable bonds is 8. The number of carbonyl (C=O) groups is 1. The quantitative estimate of drug-likeness (QED) is 0.407. The normalized spacial score (nSPS) is 15.8. The molecule has 1 amide bonds. The van der Waals surface area contributed by atoms with Gasteiger partial charge in [-0.2, -0.15) is 10.1 Å². The van der Waals surface area contributed by atoms with Gasteiger partial charge in [0.1, 0.15) is 18.3 Å². The van der Waals surface area contributed by atoms with Gasteiger partial charge in [0.15, 0.2) is 0 Å². The van der Waals surface area contributed by atoms with Gasteiger partial charge in [0, 0.05) is 37.8 Å².